The summed E-state index contributed by atoms with van der Waals surface area (Å²) in [6.07, 6.45) is 2.79. The number of aromatic nitrogens is 2. The summed E-state index contributed by atoms with van der Waals surface area (Å²) in [6.45, 7) is 0.303. The van der Waals surface area contributed by atoms with E-state index in [-0.39, 0.29) is 41.3 Å². The molecule has 11 heteroatoms. The Hall–Kier alpha value is -3.04. The van der Waals surface area contributed by atoms with E-state index in [1.165, 1.54) is 12.1 Å². The van der Waals surface area contributed by atoms with Gasteiger partial charge in [0.15, 0.2) is 12.7 Å². The van der Waals surface area contributed by atoms with Gasteiger partial charge in [-0.25, -0.2) is 4.39 Å². The largest absolute Gasteiger partial charge is 0.484 e. The predicted octanol–water partition coefficient (Wildman–Crippen LogP) is 5.28. The molecule has 2 aromatic carbocycles. The molecule has 0 bridgehead atoms. The minimum atomic E-state index is -0.590. The molecule has 1 aliphatic carbocycles. The lowest BCUT2D eigenvalue weighted by Crippen LogP contribution is -2.39. The van der Waals surface area contributed by atoms with Crippen molar-refractivity contribution in [2.75, 3.05) is 18.5 Å². The highest BCUT2D eigenvalue weighted by atomic mass is 35.5. The Kier molecular flexibility index (Phi) is 6.97. The van der Waals surface area contributed by atoms with E-state index in [0.29, 0.717) is 29.1 Å². The molecule has 35 heavy (non-hydrogen) atoms. The number of carbonyl (C=O) groups is 1. The molecule has 184 valence electrons. The first-order valence-electron chi connectivity index (χ1n) is 11.3. The molecule has 3 aromatic rings. The summed E-state index contributed by atoms with van der Waals surface area (Å²) in [7, 11) is 0. The smallest absolute Gasteiger partial charge is 0.258 e. The summed E-state index contributed by atoms with van der Waals surface area (Å²) >= 11 is 11.7. The molecule has 2 N–H and O–H groups in total. The van der Waals surface area contributed by atoms with Crippen LogP contribution in [0.15, 0.2) is 40.8 Å². The SMILES string of the molecule is O=C(COc1ccc(Cl)c(F)c1)NC1CCC(c2nnc([C@@H]3CNc4cc(Cl)ccc4O3)o2)CC1. The number of hydrogen-bond donors (Lipinski definition) is 2. The molecule has 0 saturated heterocycles. The Morgan fingerprint density at radius 1 is 1.11 bits per heavy atom. The van der Waals surface area contributed by atoms with Crippen LogP contribution in [-0.2, 0) is 4.79 Å². The second kappa shape index (κ2) is 10.3. The van der Waals surface area contributed by atoms with Crippen molar-refractivity contribution in [1.82, 2.24) is 15.5 Å². The fourth-order valence-electron chi connectivity index (χ4n) is 4.29. The van der Waals surface area contributed by atoms with Crippen molar-refractivity contribution >= 4 is 34.8 Å². The minimum absolute atomic E-state index is 0.00514. The topological polar surface area (TPSA) is 98.5 Å². The van der Waals surface area contributed by atoms with E-state index in [0.717, 1.165) is 37.4 Å². The van der Waals surface area contributed by atoms with Gasteiger partial charge in [-0.05, 0) is 56.0 Å². The van der Waals surface area contributed by atoms with E-state index in [2.05, 4.69) is 20.8 Å². The summed E-state index contributed by atoms with van der Waals surface area (Å²) in [6, 6.07) is 9.48. The van der Waals surface area contributed by atoms with Gasteiger partial charge in [-0.1, -0.05) is 23.2 Å². The Balaban J connectivity index is 1.09. The zero-order valence-corrected chi connectivity index (χ0v) is 20.1. The number of fused-ring (bicyclic) bond motifs is 1. The van der Waals surface area contributed by atoms with Gasteiger partial charge in [0, 0.05) is 23.0 Å². The number of nitrogens with one attached hydrogen (secondary N) is 2. The van der Waals surface area contributed by atoms with Crippen molar-refractivity contribution < 1.29 is 23.1 Å². The highest BCUT2D eigenvalue weighted by Gasteiger charge is 2.30. The van der Waals surface area contributed by atoms with E-state index in [1.807, 2.05) is 12.1 Å². The van der Waals surface area contributed by atoms with Crippen molar-refractivity contribution in [1.29, 1.82) is 0 Å². The summed E-state index contributed by atoms with van der Waals surface area (Å²) < 4.78 is 30.8. The van der Waals surface area contributed by atoms with Crippen molar-refractivity contribution in [2.45, 2.75) is 43.7 Å². The lowest BCUT2D eigenvalue weighted by Gasteiger charge is -2.27. The lowest BCUT2D eigenvalue weighted by atomic mass is 9.86. The predicted molar refractivity (Wildman–Crippen MR) is 128 cm³/mol. The number of nitrogens with zero attached hydrogens (tertiary/aromatic N) is 2. The zero-order chi connectivity index (χ0) is 24.4. The molecule has 2 heterocycles. The Morgan fingerprint density at radius 2 is 1.91 bits per heavy atom. The second-order valence-electron chi connectivity index (χ2n) is 8.59. The molecule has 1 saturated carbocycles. The third-order valence-electron chi connectivity index (χ3n) is 6.12. The molecule has 8 nitrogen and oxygen atoms in total. The molecule has 0 spiro atoms. The standard InChI is InChI=1S/C24H23Cl2FN4O4/c25-14-3-8-20-19(9-14)28-11-21(34-20)24-31-30-23(35-24)13-1-4-15(5-2-13)29-22(32)12-33-16-6-7-17(26)18(27)10-16/h3,6-10,13,15,21,28H,1-2,4-5,11-12H2,(H,29,32)/t13?,15?,21-/m0/s1. The van der Waals surface area contributed by atoms with Crippen LogP contribution >= 0.6 is 23.2 Å². The number of benzene rings is 2. The van der Waals surface area contributed by atoms with Gasteiger partial charge >= 0.3 is 0 Å². The molecule has 1 aromatic heterocycles. The average Bonchev–Trinajstić information content (AvgIpc) is 3.35. The van der Waals surface area contributed by atoms with Gasteiger partial charge in [0.25, 0.3) is 11.8 Å². The maximum atomic E-state index is 13.5. The number of hydrogen-bond acceptors (Lipinski definition) is 7. The summed E-state index contributed by atoms with van der Waals surface area (Å²) in [5, 5.41) is 15.4. The van der Waals surface area contributed by atoms with E-state index in [1.54, 1.807) is 6.07 Å². The molecule has 1 atom stereocenters. The first-order chi connectivity index (χ1) is 16.9. The monoisotopic (exact) mass is 520 g/mol. The van der Waals surface area contributed by atoms with Crippen LogP contribution in [0.5, 0.6) is 11.5 Å². The van der Waals surface area contributed by atoms with Crippen molar-refractivity contribution in [2.24, 2.45) is 0 Å². The van der Waals surface area contributed by atoms with Crippen LogP contribution in [0, 0.1) is 5.82 Å². The van der Waals surface area contributed by atoms with Crippen LogP contribution in [0.1, 0.15) is 49.5 Å². The molecule has 1 amide bonds. The van der Waals surface area contributed by atoms with Gasteiger partial charge in [-0.15, -0.1) is 10.2 Å². The Morgan fingerprint density at radius 3 is 2.71 bits per heavy atom. The number of amides is 1. The molecule has 5 rings (SSSR count). The zero-order valence-electron chi connectivity index (χ0n) is 18.6. The number of anilines is 1. The first kappa shape index (κ1) is 23.7. The summed E-state index contributed by atoms with van der Waals surface area (Å²) in [4.78, 5) is 12.2. The number of halogens is 3. The highest BCUT2D eigenvalue weighted by Crippen LogP contribution is 2.37. The molecule has 1 fully saturated rings. The molecule has 1 aliphatic heterocycles. The third-order valence-corrected chi connectivity index (χ3v) is 6.66. The fourth-order valence-corrected chi connectivity index (χ4v) is 4.58. The average molecular weight is 521 g/mol. The van der Waals surface area contributed by atoms with E-state index < -0.39 is 5.82 Å². The van der Waals surface area contributed by atoms with E-state index in [9.17, 15) is 9.18 Å². The molecular formula is C24H23Cl2FN4O4. The van der Waals surface area contributed by atoms with Gasteiger partial charge < -0.3 is 24.5 Å². The van der Waals surface area contributed by atoms with Crippen LogP contribution in [0.4, 0.5) is 10.1 Å². The van der Waals surface area contributed by atoms with Gasteiger partial charge in [0.2, 0.25) is 5.89 Å². The number of rotatable bonds is 6. The summed E-state index contributed by atoms with van der Waals surface area (Å²) in [5.41, 5.74) is 0.833. The van der Waals surface area contributed by atoms with Crippen molar-refractivity contribution in [3.63, 3.8) is 0 Å². The minimum Gasteiger partial charge on any atom is -0.484 e. The van der Waals surface area contributed by atoms with Crippen LogP contribution in [0.3, 0.4) is 0 Å². The number of ether oxygens (including phenoxy) is 2. The maximum Gasteiger partial charge on any atom is 0.258 e. The highest BCUT2D eigenvalue weighted by molar-refractivity contribution is 6.31. The fraction of sp³-hybridized carbons (Fsp3) is 0.375. The quantitative estimate of drug-likeness (QED) is 0.455. The maximum absolute atomic E-state index is 13.5. The number of carbonyl (C=O) groups excluding carboxylic acids is 1. The Labute approximate surface area is 211 Å². The summed E-state index contributed by atoms with van der Waals surface area (Å²) in [5.74, 6) is 1.23. The lowest BCUT2D eigenvalue weighted by molar-refractivity contribution is -0.124. The van der Waals surface area contributed by atoms with Gasteiger partial charge in [-0.3, -0.25) is 4.79 Å². The molecule has 0 unspecified atom stereocenters. The van der Waals surface area contributed by atoms with Gasteiger partial charge in [0.05, 0.1) is 17.3 Å². The van der Waals surface area contributed by atoms with Gasteiger partial charge in [-0.2, -0.15) is 0 Å². The normalized spacial score (nSPS) is 21.4. The second-order valence-corrected chi connectivity index (χ2v) is 9.43. The van der Waals surface area contributed by atoms with E-state index in [4.69, 9.17) is 37.1 Å². The van der Waals surface area contributed by atoms with Crippen LogP contribution in [-0.4, -0.2) is 35.3 Å². The van der Waals surface area contributed by atoms with Crippen molar-refractivity contribution in [3.8, 4) is 11.5 Å². The Bertz CT molecular complexity index is 1220. The van der Waals surface area contributed by atoms with E-state index >= 15 is 0 Å². The molecule has 2 aliphatic rings. The van der Waals surface area contributed by atoms with Crippen LogP contribution < -0.4 is 20.1 Å². The van der Waals surface area contributed by atoms with Crippen LogP contribution in [0.2, 0.25) is 10.0 Å². The van der Waals surface area contributed by atoms with Crippen LogP contribution in [0.25, 0.3) is 0 Å². The third kappa shape index (κ3) is 5.62. The van der Waals surface area contributed by atoms with Gasteiger partial charge in [0.1, 0.15) is 17.3 Å². The first-order valence-corrected chi connectivity index (χ1v) is 12.1. The molecule has 0 radical (unpaired) electrons. The molecular weight excluding hydrogens is 498 g/mol. The van der Waals surface area contributed by atoms with Crippen molar-refractivity contribution in [3.05, 3.63) is 64.0 Å².